The molecule has 0 spiro atoms. The van der Waals surface area contributed by atoms with Crippen LogP contribution in [-0.2, 0) is 0 Å². The third-order valence-corrected chi connectivity index (χ3v) is 4.55. The molecular weight excluding hydrogens is 344 g/mol. The summed E-state index contributed by atoms with van der Waals surface area (Å²) in [6.45, 7) is 4.58. The molecule has 0 saturated heterocycles. The van der Waals surface area contributed by atoms with E-state index in [-0.39, 0.29) is 6.10 Å². The molecule has 0 fully saturated rings. The van der Waals surface area contributed by atoms with Crippen LogP contribution in [0.5, 0.6) is 23.0 Å². The van der Waals surface area contributed by atoms with Gasteiger partial charge in [-0.25, -0.2) is 0 Å². The molecule has 0 aliphatic carbocycles. The quantitative estimate of drug-likeness (QED) is 0.731. The Morgan fingerprint density at radius 3 is 2.59 bits per heavy atom. The Hall–Kier alpha value is -2.60. The molecule has 2 aromatic carbocycles. The van der Waals surface area contributed by atoms with Crippen molar-refractivity contribution in [2.24, 2.45) is 0 Å². The minimum absolute atomic E-state index is 0.0505. The summed E-state index contributed by atoms with van der Waals surface area (Å²) in [5.41, 5.74) is 1.06. The van der Waals surface area contributed by atoms with Gasteiger partial charge >= 0.3 is 0 Å². The van der Waals surface area contributed by atoms with Crippen molar-refractivity contribution >= 4 is 5.69 Å². The first-order valence-electron chi connectivity index (χ1n) is 9.61. The van der Waals surface area contributed by atoms with Crippen LogP contribution in [0, 0.1) is 0 Å². The van der Waals surface area contributed by atoms with Crippen LogP contribution in [-0.4, -0.2) is 45.6 Å². The highest BCUT2D eigenvalue weighted by Crippen LogP contribution is 2.32. The minimum atomic E-state index is 0.0505. The van der Waals surface area contributed by atoms with Crippen LogP contribution in [0.1, 0.15) is 12.8 Å². The fourth-order valence-electron chi connectivity index (χ4n) is 3.15. The van der Waals surface area contributed by atoms with Gasteiger partial charge in [0.1, 0.15) is 12.7 Å². The van der Waals surface area contributed by atoms with Crippen molar-refractivity contribution in [3.8, 4) is 23.0 Å². The largest absolute Gasteiger partial charge is 0.490 e. The highest BCUT2D eigenvalue weighted by atomic mass is 16.6. The molecule has 4 rings (SSSR count). The lowest BCUT2D eigenvalue weighted by Crippen LogP contribution is -2.39. The van der Waals surface area contributed by atoms with Gasteiger partial charge in [-0.2, -0.15) is 0 Å². The third kappa shape index (κ3) is 4.77. The van der Waals surface area contributed by atoms with E-state index >= 15 is 0 Å². The smallest absolute Gasteiger partial charge is 0.163 e. The second kappa shape index (κ2) is 8.86. The van der Waals surface area contributed by atoms with Crippen LogP contribution in [0.15, 0.2) is 42.5 Å². The van der Waals surface area contributed by atoms with Crippen LogP contribution < -0.4 is 29.6 Å². The van der Waals surface area contributed by atoms with E-state index in [1.165, 1.54) is 0 Å². The number of para-hydroxylation sites is 2. The molecule has 0 aromatic heterocycles. The van der Waals surface area contributed by atoms with E-state index in [0.29, 0.717) is 19.8 Å². The van der Waals surface area contributed by atoms with Crippen LogP contribution in [0.2, 0.25) is 0 Å². The number of fused-ring (bicyclic) bond motifs is 2. The molecule has 0 bridgehead atoms. The minimum Gasteiger partial charge on any atom is -0.490 e. The number of hydrogen-bond donors (Lipinski definition) is 2. The Balaban J connectivity index is 1.14. The molecule has 2 N–H and O–H groups in total. The molecule has 1 atom stereocenters. The SMILES string of the molecule is c1ccc2c(c1)OCC(CNCCCNc1ccc3c(c1)OCCCO3)O2. The molecule has 2 aliphatic heterocycles. The highest BCUT2D eigenvalue weighted by Gasteiger charge is 2.19. The number of ether oxygens (including phenoxy) is 4. The number of nitrogens with one attached hydrogen (secondary N) is 2. The van der Waals surface area contributed by atoms with Gasteiger partial charge in [-0.15, -0.1) is 0 Å². The van der Waals surface area contributed by atoms with E-state index in [9.17, 15) is 0 Å². The van der Waals surface area contributed by atoms with Crippen molar-refractivity contribution in [3.63, 3.8) is 0 Å². The molecule has 2 heterocycles. The number of anilines is 1. The Morgan fingerprint density at radius 1 is 0.852 bits per heavy atom. The lowest BCUT2D eigenvalue weighted by atomic mass is 10.2. The maximum Gasteiger partial charge on any atom is 0.163 e. The molecule has 0 amide bonds. The van der Waals surface area contributed by atoms with Gasteiger partial charge in [-0.1, -0.05) is 12.1 Å². The zero-order valence-electron chi connectivity index (χ0n) is 15.4. The van der Waals surface area contributed by atoms with Gasteiger partial charge in [-0.3, -0.25) is 0 Å². The van der Waals surface area contributed by atoms with Crippen molar-refractivity contribution in [1.29, 1.82) is 0 Å². The zero-order chi connectivity index (χ0) is 18.3. The van der Waals surface area contributed by atoms with Crippen molar-refractivity contribution in [2.75, 3.05) is 44.8 Å². The van der Waals surface area contributed by atoms with E-state index in [0.717, 1.165) is 61.2 Å². The summed E-state index contributed by atoms with van der Waals surface area (Å²) in [4.78, 5) is 0. The third-order valence-electron chi connectivity index (χ3n) is 4.55. The summed E-state index contributed by atoms with van der Waals surface area (Å²) in [6.07, 6.45) is 1.98. The van der Waals surface area contributed by atoms with Crippen LogP contribution >= 0.6 is 0 Å². The Morgan fingerprint density at radius 2 is 1.67 bits per heavy atom. The Labute approximate surface area is 159 Å². The first-order chi connectivity index (χ1) is 13.4. The first kappa shape index (κ1) is 17.8. The second-order valence-electron chi connectivity index (χ2n) is 6.69. The second-order valence-corrected chi connectivity index (χ2v) is 6.69. The summed E-state index contributed by atoms with van der Waals surface area (Å²) in [7, 11) is 0. The molecule has 2 aromatic rings. The number of rotatable bonds is 7. The van der Waals surface area contributed by atoms with E-state index in [4.69, 9.17) is 18.9 Å². The van der Waals surface area contributed by atoms with Gasteiger partial charge < -0.3 is 29.6 Å². The predicted octanol–water partition coefficient (Wildman–Crippen LogP) is 3.08. The predicted molar refractivity (Wildman–Crippen MR) is 104 cm³/mol. The average Bonchev–Trinajstić information content (AvgIpc) is 2.95. The molecule has 144 valence electrons. The van der Waals surface area contributed by atoms with E-state index in [2.05, 4.69) is 10.6 Å². The van der Waals surface area contributed by atoms with Crippen molar-refractivity contribution in [3.05, 3.63) is 42.5 Å². The summed E-state index contributed by atoms with van der Waals surface area (Å²) in [6, 6.07) is 13.8. The molecule has 6 nitrogen and oxygen atoms in total. The average molecular weight is 370 g/mol. The van der Waals surface area contributed by atoms with E-state index < -0.39 is 0 Å². The molecule has 1 unspecified atom stereocenters. The van der Waals surface area contributed by atoms with Crippen molar-refractivity contribution in [2.45, 2.75) is 18.9 Å². The van der Waals surface area contributed by atoms with E-state index in [1.807, 2.05) is 42.5 Å². The lowest BCUT2D eigenvalue weighted by molar-refractivity contribution is 0.0906. The van der Waals surface area contributed by atoms with Crippen LogP contribution in [0.25, 0.3) is 0 Å². The summed E-state index contributed by atoms with van der Waals surface area (Å²) < 4.78 is 23.0. The number of benzene rings is 2. The lowest BCUT2D eigenvalue weighted by Gasteiger charge is -2.26. The molecular formula is C21H26N2O4. The maximum atomic E-state index is 5.94. The summed E-state index contributed by atoms with van der Waals surface area (Å²) >= 11 is 0. The van der Waals surface area contributed by atoms with Gasteiger partial charge in [0, 0.05) is 31.3 Å². The Kier molecular flexibility index (Phi) is 5.84. The van der Waals surface area contributed by atoms with Gasteiger partial charge in [-0.05, 0) is 37.2 Å². The maximum absolute atomic E-state index is 5.94. The monoisotopic (exact) mass is 370 g/mol. The van der Waals surface area contributed by atoms with Crippen LogP contribution in [0.4, 0.5) is 5.69 Å². The highest BCUT2D eigenvalue weighted by molar-refractivity contribution is 5.55. The number of hydrogen-bond acceptors (Lipinski definition) is 6. The standard InChI is InChI=1S/C21H26N2O4/c1-2-6-20-18(5-1)26-15-17(27-20)14-22-9-3-10-23-16-7-8-19-21(13-16)25-12-4-11-24-19/h1-2,5-8,13,17,22-23H,3-4,9-12,14-15H2. The molecule has 27 heavy (non-hydrogen) atoms. The van der Waals surface area contributed by atoms with Crippen molar-refractivity contribution in [1.82, 2.24) is 5.32 Å². The topological polar surface area (TPSA) is 61.0 Å². The van der Waals surface area contributed by atoms with Crippen LogP contribution in [0.3, 0.4) is 0 Å². The summed E-state index contributed by atoms with van der Waals surface area (Å²) in [5.74, 6) is 3.31. The molecule has 6 heteroatoms. The van der Waals surface area contributed by atoms with Gasteiger partial charge in [0.15, 0.2) is 23.0 Å². The fraction of sp³-hybridized carbons (Fsp3) is 0.429. The molecule has 0 saturated carbocycles. The van der Waals surface area contributed by atoms with Crippen molar-refractivity contribution < 1.29 is 18.9 Å². The van der Waals surface area contributed by atoms with Gasteiger partial charge in [0.05, 0.1) is 13.2 Å². The first-order valence-corrected chi connectivity index (χ1v) is 9.61. The van der Waals surface area contributed by atoms with E-state index in [1.54, 1.807) is 0 Å². The van der Waals surface area contributed by atoms with Gasteiger partial charge in [0.25, 0.3) is 0 Å². The normalized spacial score (nSPS) is 17.9. The molecule has 2 aliphatic rings. The Bertz CT molecular complexity index is 753. The summed E-state index contributed by atoms with van der Waals surface area (Å²) in [5, 5.41) is 6.88. The fourth-order valence-corrected chi connectivity index (χ4v) is 3.15. The van der Waals surface area contributed by atoms with Gasteiger partial charge in [0.2, 0.25) is 0 Å². The zero-order valence-corrected chi connectivity index (χ0v) is 15.4. The molecule has 0 radical (unpaired) electrons.